The van der Waals surface area contributed by atoms with Gasteiger partial charge < -0.3 is 14.4 Å². The monoisotopic (exact) mass is 769 g/mol. The molecule has 2 aliphatic heterocycles. The smallest absolute Gasteiger partial charge is 0.311 e. The van der Waals surface area contributed by atoms with Crippen LogP contribution in [0.5, 0.6) is 0 Å². The molecule has 0 saturated heterocycles. The van der Waals surface area contributed by atoms with Crippen LogP contribution >= 0.6 is 35.0 Å². The van der Waals surface area contributed by atoms with Crippen LogP contribution in [0.1, 0.15) is 70.9 Å². The minimum atomic E-state index is -0.336. The summed E-state index contributed by atoms with van der Waals surface area (Å²) in [5, 5.41) is 1.38. The average Bonchev–Trinajstić information content (AvgIpc) is 3.48. The topological polar surface area (TPSA) is 58.8 Å². The van der Waals surface area contributed by atoms with E-state index in [1.165, 1.54) is 35.2 Å². The van der Waals surface area contributed by atoms with E-state index in [4.69, 9.17) is 32.7 Å². The summed E-state index contributed by atoms with van der Waals surface area (Å²) < 4.78 is 12.3. The quantitative estimate of drug-likeness (QED) is 0.143. The lowest BCUT2D eigenvalue weighted by molar-refractivity contribution is -0.436. The molecule has 6 nitrogen and oxygen atoms in total. The first-order valence-corrected chi connectivity index (χ1v) is 19.6. The number of thioether (sulfide) groups is 1. The molecule has 0 bridgehead atoms. The first-order valence-electron chi connectivity index (χ1n) is 18.1. The summed E-state index contributed by atoms with van der Waals surface area (Å²) in [5.74, 6) is -0.482. The molecule has 0 saturated carbocycles. The Labute approximate surface area is 327 Å². The number of halogens is 2. The highest BCUT2D eigenvalue weighted by Gasteiger charge is 2.45. The summed E-state index contributed by atoms with van der Waals surface area (Å²) in [6.07, 6.45) is 12.5. The van der Waals surface area contributed by atoms with Crippen molar-refractivity contribution in [2.45, 2.75) is 75.5 Å². The van der Waals surface area contributed by atoms with E-state index in [-0.39, 0.29) is 35.6 Å². The first-order chi connectivity index (χ1) is 25.3. The molecule has 3 aliphatic rings. The van der Waals surface area contributed by atoms with E-state index >= 15 is 0 Å². The van der Waals surface area contributed by atoms with Crippen LogP contribution in [0.4, 0.5) is 11.4 Å². The number of ether oxygens (including phenoxy) is 2. The van der Waals surface area contributed by atoms with Gasteiger partial charge in [0.25, 0.3) is 0 Å². The lowest BCUT2D eigenvalue weighted by Crippen LogP contribution is -2.28. The van der Waals surface area contributed by atoms with Crippen molar-refractivity contribution in [2.75, 3.05) is 32.2 Å². The van der Waals surface area contributed by atoms with E-state index in [2.05, 4.69) is 85.7 Å². The Morgan fingerprint density at radius 2 is 1.51 bits per heavy atom. The van der Waals surface area contributed by atoms with Crippen LogP contribution < -0.4 is 4.90 Å². The predicted octanol–water partition coefficient (Wildman–Crippen LogP) is 10.9. The number of nitrogens with zero attached hydrogens (tertiary/aromatic N) is 2. The molecule has 1 aliphatic carbocycles. The molecule has 0 atom stereocenters. The summed E-state index contributed by atoms with van der Waals surface area (Å²) >= 11 is 14.8. The zero-order valence-corrected chi connectivity index (χ0v) is 33.6. The molecule has 0 aromatic heterocycles. The summed E-state index contributed by atoms with van der Waals surface area (Å²) in [7, 11) is 2.86. The fourth-order valence-electron chi connectivity index (χ4n) is 7.70. The lowest BCUT2D eigenvalue weighted by atomic mass is 9.81. The van der Waals surface area contributed by atoms with Crippen molar-refractivity contribution in [1.29, 1.82) is 0 Å². The molecule has 0 unspecified atom stereocenters. The summed E-state index contributed by atoms with van der Waals surface area (Å²) in [4.78, 5) is 29.2. The summed E-state index contributed by atoms with van der Waals surface area (Å²) in [6.45, 7) is 9.87. The molecule has 0 N–H and O–H groups in total. The SMILES string of the molecule is COC(=O)CCN1C(=CC=C2CCCC(C=CC3=[N+](CCC(=O)OC)c4ccc(Cl)cc4C3(C)C)=C2Sc2ccccc2)C(C)(C)c2cc(Cl)ccc21. The number of rotatable bonds is 11. The molecule has 2 heterocycles. The zero-order valence-electron chi connectivity index (χ0n) is 31.3. The first kappa shape index (κ1) is 38.7. The number of fused-ring (bicyclic) bond motifs is 2. The third-order valence-corrected chi connectivity index (χ3v) is 12.3. The van der Waals surface area contributed by atoms with Gasteiger partial charge in [-0.3, -0.25) is 9.59 Å². The summed E-state index contributed by atoms with van der Waals surface area (Å²) in [5.41, 5.74) is 8.47. The van der Waals surface area contributed by atoms with Crippen molar-refractivity contribution in [3.63, 3.8) is 0 Å². The Bertz CT molecular complexity index is 2080. The predicted molar refractivity (Wildman–Crippen MR) is 218 cm³/mol. The fourth-order valence-corrected chi connectivity index (χ4v) is 9.18. The second-order valence-electron chi connectivity index (χ2n) is 14.6. The fraction of sp³-hybridized carbons (Fsp3) is 0.341. The van der Waals surface area contributed by atoms with Gasteiger partial charge in [-0.05, 0) is 98.4 Å². The molecule has 9 heteroatoms. The molecule has 0 radical (unpaired) electrons. The number of carbonyl (C=O) groups excluding carboxylic acids is 2. The molecular formula is C44H47Cl2N2O4S+. The Hall–Kier alpha value is -4.04. The maximum atomic E-state index is 12.3. The second-order valence-corrected chi connectivity index (χ2v) is 16.6. The van der Waals surface area contributed by atoms with Gasteiger partial charge in [0.05, 0.1) is 26.1 Å². The third-order valence-electron chi connectivity index (χ3n) is 10.6. The normalized spacial score (nSPS) is 19.0. The molecule has 3 aromatic rings. The standard InChI is InChI=1S/C44H47Cl2N2O4S/c1-43(2)34-27-31(45)17-19-36(34)47(25-23-40(49)51-5)38(43)21-15-29-11-10-12-30(42(29)53-33-13-8-7-9-14-33)16-22-39-44(3,4)35-28-32(46)18-20-37(35)48(39)26-24-41(50)52-6/h7-9,13-22,27-28H,10-12,23-26H2,1-6H3/q+1. The van der Waals surface area contributed by atoms with Crippen molar-refractivity contribution in [2.24, 2.45) is 0 Å². The van der Waals surface area contributed by atoms with Crippen molar-refractivity contribution in [3.8, 4) is 0 Å². The van der Waals surface area contributed by atoms with Crippen molar-refractivity contribution in [3.05, 3.63) is 134 Å². The van der Waals surface area contributed by atoms with Gasteiger partial charge in [0, 0.05) is 60.9 Å². The van der Waals surface area contributed by atoms with Crippen LogP contribution in [0, 0.1) is 0 Å². The number of allylic oxidation sites excluding steroid dienone is 7. The highest BCUT2D eigenvalue weighted by Crippen LogP contribution is 2.49. The minimum absolute atomic E-state index is 0.241. The van der Waals surface area contributed by atoms with Crippen LogP contribution in [0.3, 0.4) is 0 Å². The molecule has 3 aromatic carbocycles. The van der Waals surface area contributed by atoms with E-state index in [0.29, 0.717) is 23.1 Å². The molecule has 0 amide bonds. The van der Waals surface area contributed by atoms with Crippen LogP contribution in [-0.4, -0.2) is 49.5 Å². The van der Waals surface area contributed by atoms with Gasteiger partial charge in [-0.25, -0.2) is 0 Å². The van der Waals surface area contributed by atoms with Crippen LogP contribution in [0.15, 0.2) is 118 Å². The van der Waals surface area contributed by atoms with Gasteiger partial charge in [-0.1, -0.05) is 79.2 Å². The van der Waals surface area contributed by atoms with Gasteiger partial charge in [-0.15, -0.1) is 0 Å². The summed E-state index contributed by atoms with van der Waals surface area (Å²) in [6, 6.07) is 22.5. The Balaban J connectivity index is 1.44. The number of benzene rings is 3. The van der Waals surface area contributed by atoms with Gasteiger partial charge in [0.1, 0.15) is 6.42 Å². The zero-order chi connectivity index (χ0) is 37.9. The van der Waals surface area contributed by atoms with Crippen molar-refractivity contribution in [1.82, 2.24) is 0 Å². The third kappa shape index (κ3) is 8.08. The van der Waals surface area contributed by atoms with E-state index in [1.807, 2.05) is 42.5 Å². The lowest BCUT2D eigenvalue weighted by Gasteiger charge is -2.27. The average molecular weight is 771 g/mol. The van der Waals surface area contributed by atoms with Gasteiger partial charge in [0.15, 0.2) is 12.3 Å². The molecule has 53 heavy (non-hydrogen) atoms. The van der Waals surface area contributed by atoms with Crippen LogP contribution in [0.2, 0.25) is 10.0 Å². The van der Waals surface area contributed by atoms with E-state index < -0.39 is 0 Å². The minimum Gasteiger partial charge on any atom is -0.469 e. The highest BCUT2D eigenvalue weighted by atomic mass is 35.5. The maximum Gasteiger partial charge on any atom is 0.311 e. The van der Waals surface area contributed by atoms with E-state index in [1.54, 1.807) is 11.8 Å². The van der Waals surface area contributed by atoms with Gasteiger partial charge in [-0.2, -0.15) is 4.58 Å². The maximum absolute atomic E-state index is 12.3. The molecule has 0 spiro atoms. The highest BCUT2D eigenvalue weighted by molar-refractivity contribution is 8.03. The number of methoxy groups -OCH3 is 2. The van der Waals surface area contributed by atoms with Crippen LogP contribution in [0.25, 0.3) is 0 Å². The number of esters is 2. The van der Waals surface area contributed by atoms with Gasteiger partial charge in [0.2, 0.25) is 5.69 Å². The number of anilines is 1. The Morgan fingerprint density at radius 1 is 0.830 bits per heavy atom. The van der Waals surface area contributed by atoms with Gasteiger partial charge >= 0.3 is 11.9 Å². The van der Waals surface area contributed by atoms with E-state index in [9.17, 15) is 9.59 Å². The van der Waals surface area contributed by atoms with Crippen molar-refractivity contribution < 1.29 is 23.6 Å². The van der Waals surface area contributed by atoms with E-state index in [0.717, 1.165) is 53.2 Å². The number of hydrogen-bond donors (Lipinski definition) is 0. The van der Waals surface area contributed by atoms with Crippen molar-refractivity contribution >= 4 is 64.0 Å². The van der Waals surface area contributed by atoms with Crippen LogP contribution in [-0.2, 0) is 29.9 Å². The molecule has 6 rings (SSSR count). The number of hydrogen-bond acceptors (Lipinski definition) is 6. The number of carbonyl (C=O) groups is 2. The molecule has 276 valence electrons. The Kier molecular flexibility index (Phi) is 11.8. The molecular weight excluding hydrogens is 723 g/mol. The largest absolute Gasteiger partial charge is 0.469 e. The Morgan fingerprint density at radius 3 is 2.23 bits per heavy atom. The second kappa shape index (κ2) is 16.1. The molecule has 0 fully saturated rings.